The molecule has 0 aliphatic heterocycles. The van der Waals surface area contributed by atoms with Crippen LogP contribution in [-0.4, -0.2) is 25.0 Å². The van der Waals surface area contributed by atoms with Crippen LogP contribution < -0.4 is 20.2 Å². The fourth-order valence-electron chi connectivity index (χ4n) is 2.10. The van der Waals surface area contributed by atoms with Crippen molar-refractivity contribution < 1.29 is 9.47 Å². The van der Waals surface area contributed by atoms with E-state index < -0.39 is 0 Å². The molecule has 0 saturated carbocycles. The van der Waals surface area contributed by atoms with E-state index in [1.807, 2.05) is 24.3 Å². The second-order valence-electron chi connectivity index (χ2n) is 5.28. The molecule has 0 bridgehead atoms. The summed E-state index contributed by atoms with van der Waals surface area (Å²) in [6, 6.07) is 10.9. The van der Waals surface area contributed by atoms with Crippen molar-refractivity contribution >= 4 is 46.7 Å². The molecule has 8 heteroatoms. The van der Waals surface area contributed by atoms with Crippen molar-refractivity contribution in [3.8, 4) is 11.5 Å². The smallest absolute Gasteiger partial charge is 0.187 e. The summed E-state index contributed by atoms with van der Waals surface area (Å²) < 4.78 is 11.3. The van der Waals surface area contributed by atoms with Crippen molar-refractivity contribution in [2.75, 3.05) is 13.7 Å². The molecule has 0 heterocycles. The number of benzene rings is 2. The molecule has 0 atom stereocenters. The number of rotatable bonds is 8. The van der Waals surface area contributed by atoms with E-state index >= 15 is 0 Å². The van der Waals surface area contributed by atoms with Gasteiger partial charge in [0.05, 0.1) is 23.4 Å². The molecular formula is C19H19Cl2N3O2S. The zero-order valence-electron chi connectivity index (χ0n) is 14.7. The van der Waals surface area contributed by atoms with Crippen LogP contribution in [0.25, 0.3) is 0 Å². The maximum atomic E-state index is 6.05. The highest BCUT2D eigenvalue weighted by atomic mass is 35.5. The first kappa shape index (κ1) is 21.0. The van der Waals surface area contributed by atoms with Crippen LogP contribution in [0.4, 0.5) is 0 Å². The Balaban J connectivity index is 2.12. The Bertz CT molecular complexity index is 844. The highest BCUT2D eigenvalue weighted by molar-refractivity contribution is 7.80. The Kier molecular flexibility index (Phi) is 8.39. The fraction of sp³-hybridized carbons (Fsp3) is 0.158. The molecule has 0 fully saturated rings. The number of thiocarbonyl (C=S) groups is 1. The third-order valence-electron chi connectivity index (χ3n) is 3.37. The fourth-order valence-corrected chi connectivity index (χ4v) is 2.56. The van der Waals surface area contributed by atoms with Crippen LogP contribution in [0.1, 0.15) is 11.1 Å². The molecule has 0 spiro atoms. The van der Waals surface area contributed by atoms with Gasteiger partial charge in [0.25, 0.3) is 0 Å². The van der Waals surface area contributed by atoms with Crippen molar-refractivity contribution in [3.63, 3.8) is 0 Å². The lowest BCUT2D eigenvalue weighted by atomic mass is 10.2. The van der Waals surface area contributed by atoms with Gasteiger partial charge in [-0.05, 0) is 42.0 Å². The number of hydrogen-bond donors (Lipinski definition) is 2. The summed E-state index contributed by atoms with van der Waals surface area (Å²) in [4.78, 5) is 0. The third kappa shape index (κ3) is 6.43. The molecule has 0 radical (unpaired) electrons. The average Bonchev–Trinajstić information content (AvgIpc) is 2.67. The number of halogens is 2. The van der Waals surface area contributed by atoms with Crippen molar-refractivity contribution in [1.82, 2.24) is 10.7 Å². The van der Waals surface area contributed by atoms with Gasteiger partial charge in [0.2, 0.25) is 0 Å². The highest BCUT2D eigenvalue weighted by Crippen LogP contribution is 2.31. The van der Waals surface area contributed by atoms with Crippen LogP contribution in [-0.2, 0) is 6.61 Å². The number of nitrogens with one attached hydrogen (secondary N) is 2. The van der Waals surface area contributed by atoms with Crippen LogP contribution in [0, 0.1) is 0 Å². The molecule has 0 unspecified atom stereocenters. The topological polar surface area (TPSA) is 54.9 Å². The molecule has 0 amide bonds. The lowest BCUT2D eigenvalue weighted by Gasteiger charge is -2.13. The summed E-state index contributed by atoms with van der Waals surface area (Å²) >= 11 is 17.1. The maximum absolute atomic E-state index is 6.05. The van der Waals surface area contributed by atoms with Crippen LogP contribution >= 0.6 is 35.4 Å². The standard InChI is InChI=1S/C19H19Cl2N3O2S/c1-3-9-22-19(27)24-23-11-14-5-4-6-17(25-2)18(14)26-12-13-7-8-15(20)16(21)10-13/h3-8,10-11H,1,9,12H2,2H3,(H2,22,24,27)/b23-11+. The Morgan fingerprint density at radius 2 is 2.07 bits per heavy atom. The summed E-state index contributed by atoms with van der Waals surface area (Å²) in [5, 5.41) is 8.42. The van der Waals surface area contributed by atoms with E-state index in [4.69, 9.17) is 44.9 Å². The first-order valence-electron chi connectivity index (χ1n) is 7.96. The van der Waals surface area contributed by atoms with Gasteiger partial charge in [-0.25, -0.2) is 0 Å². The zero-order chi connectivity index (χ0) is 19.6. The van der Waals surface area contributed by atoms with E-state index in [1.165, 1.54) is 0 Å². The predicted octanol–water partition coefficient (Wildman–Crippen LogP) is 4.57. The largest absolute Gasteiger partial charge is 0.493 e. The maximum Gasteiger partial charge on any atom is 0.187 e. The first-order valence-corrected chi connectivity index (χ1v) is 9.13. The number of hydrogen-bond acceptors (Lipinski definition) is 4. The van der Waals surface area contributed by atoms with Gasteiger partial charge in [-0.15, -0.1) is 6.58 Å². The van der Waals surface area contributed by atoms with E-state index in [-0.39, 0.29) is 0 Å². The lowest BCUT2D eigenvalue weighted by Crippen LogP contribution is -2.31. The highest BCUT2D eigenvalue weighted by Gasteiger charge is 2.10. The Morgan fingerprint density at radius 3 is 2.78 bits per heavy atom. The van der Waals surface area contributed by atoms with Crippen LogP contribution in [0.5, 0.6) is 11.5 Å². The van der Waals surface area contributed by atoms with E-state index in [0.717, 1.165) is 11.1 Å². The molecule has 2 aromatic rings. The van der Waals surface area contributed by atoms with Crippen molar-refractivity contribution in [3.05, 3.63) is 70.2 Å². The minimum Gasteiger partial charge on any atom is -0.493 e. The number of hydrazone groups is 1. The molecule has 0 saturated heterocycles. The van der Waals surface area contributed by atoms with Gasteiger partial charge in [0.15, 0.2) is 16.6 Å². The van der Waals surface area contributed by atoms with Crippen LogP contribution in [0.3, 0.4) is 0 Å². The van der Waals surface area contributed by atoms with Gasteiger partial charge in [-0.1, -0.05) is 41.4 Å². The minimum atomic E-state index is 0.296. The molecule has 142 valence electrons. The molecule has 2 aromatic carbocycles. The summed E-state index contributed by atoms with van der Waals surface area (Å²) in [6.07, 6.45) is 3.31. The molecule has 27 heavy (non-hydrogen) atoms. The average molecular weight is 424 g/mol. The molecule has 0 aliphatic carbocycles. The molecule has 0 aromatic heterocycles. The summed E-state index contributed by atoms with van der Waals surface area (Å²) in [6.45, 7) is 4.46. The van der Waals surface area contributed by atoms with Gasteiger partial charge < -0.3 is 14.8 Å². The number of methoxy groups -OCH3 is 1. The van der Waals surface area contributed by atoms with Gasteiger partial charge in [0.1, 0.15) is 6.61 Å². The van der Waals surface area contributed by atoms with Gasteiger partial charge in [0, 0.05) is 12.1 Å². The SMILES string of the molecule is C=CCNC(=S)N/N=C/c1cccc(OC)c1OCc1ccc(Cl)c(Cl)c1. The summed E-state index contributed by atoms with van der Waals surface area (Å²) in [5.41, 5.74) is 4.34. The lowest BCUT2D eigenvalue weighted by molar-refractivity contribution is 0.284. The van der Waals surface area contributed by atoms with Gasteiger partial charge in [-0.2, -0.15) is 5.10 Å². The normalized spacial score (nSPS) is 10.5. The predicted molar refractivity (Wildman–Crippen MR) is 115 cm³/mol. The van der Waals surface area contributed by atoms with E-state index in [9.17, 15) is 0 Å². The van der Waals surface area contributed by atoms with Gasteiger partial charge in [-0.3, -0.25) is 5.43 Å². The molecular weight excluding hydrogens is 405 g/mol. The number of para-hydroxylation sites is 1. The molecule has 2 rings (SSSR count). The number of nitrogens with zero attached hydrogens (tertiary/aromatic N) is 1. The molecule has 0 aliphatic rings. The van der Waals surface area contributed by atoms with Crippen LogP contribution in [0.2, 0.25) is 10.0 Å². The quantitative estimate of drug-likeness (QED) is 0.282. The Labute approximate surface area is 174 Å². The monoisotopic (exact) mass is 423 g/mol. The zero-order valence-corrected chi connectivity index (χ0v) is 17.0. The summed E-state index contributed by atoms with van der Waals surface area (Å²) in [7, 11) is 1.58. The van der Waals surface area contributed by atoms with Crippen molar-refractivity contribution in [2.45, 2.75) is 6.61 Å². The second kappa shape index (κ2) is 10.8. The summed E-state index contributed by atoms with van der Waals surface area (Å²) in [5.74, 6) is 1.15. The van der Waals surface area contributed by atoms with Crippen LogP contribution in [0.15, 0.2) is 54.2 Å². The van der Waals surface area contributed by atoms with Gasteiger partial charge >= 0.3 is 0 Å². The van der Waals surface area contributed by atoms with Crippen molar-refractivity contribution in [2.24, 2.45) is 5.10 Å². The van der Waals surface area contributed by atoms with Crippen molar-refractivity contribution in [1.29, 1.82) is 0 Å². The Morgan fingerprint density at radius 1 is 1.26 bits per heavy atom. The minimum absolute atomic E-state index is 0.296. The van der Waals surface area contributed by atoms with E-state index in [1.54, 1.807) is 31.5 Å². The first-order chi connectivity index (χ1) is 13.0. The number of ether oxygens (including phenoxy) is 2. The molecule has 5 nitrogen and oxygen atoms in total. The third-order valence-corrected chi connectivity index (χ3v) is 4.35. The second-order valence-corrected chi connectivity index (χ2v) is 6.51. The van der Waals surface area contributed by atoms with E-state index in [2.05, 4.69) is 22.4 Å². The van der Waals surface area contributed by atoms with E-state index in [0.29, 0.717) is 39.8 Å². The molecule has 2 N–H and O–H groups in total. The Hall–Kier alpha value is -2.28.